The Morgan fingerprint density at radius 2 is 1.85 bits per heavy atom. The number of halogens is 1. The molecular weight excluding hydrogens is 318 g/mol. The van der Waals surface area contributed by atoms with Crippen LogP contribution in [-0.2, 0) is 0 Å². The summed E-state index contributed by atoms with van der Waals surface area (Å²) >= 11 is 3.43. The van der Waals surface area contributed by atoms with Gasteiger partial charge in [0.1, 0.15) is 0 Å². The van der Waals surface area contributed by atoms with Gasteiger partial charge in [-0.2, -0.15) is 0 Å². The number of anilines is 2. The molecule has 20 heavy (non-hydrogen) atoms. The van der Waals surface area contributed by atoms with Crippen molar-refractivity contribution in [2.24, 2.45) is 5.84 Å². The second kappa shape index (κ2) is 6.07. The number of benzene rings is 2. The fourth-order valence-electron chi connectivity index (χ4n) is 1.89. The fraction of sp³-hybridized carbons (Fsp3) is 0.133. The van der Waals surface area contributed by atoms with Crippen molar-refractivity contribution in [3.63, 3.8) is 0 Å². The molecule has 0 aromatic heterocycles. The molecule has 4 nitrogen and oxygen atoms in total. The number of nitrogen functional groups attached to an aromatic ring is 1. The third-order valence-corrected chi connectivity index (χ3v) is 3.95. The number of nitrogens with one attached hydrogen (secondary N) is 2. The van der Waals surface area contributed by atoms with Crippen molar-refractivity contribution < 1.29 is 4.79 Å². The number of aryl methyl sites for hydroxylation is 2. The van der Waals surface area contributed by atoms with Crippen LogP contribution >= 0.6 is 15.9 Å². The van der Waals surface area contributed by atoms with Gasteiger partial charge < -0.3 is 10.7 Å². The van der Waals surface area contributed by atoms with Crippen molar-refractivity contribution in [1.29, 1.82) is 0 Å². The van der Waals surface area contributed by atoms with Crippen LogP contribution in [0.3, 0.4) is 0 Å². The summed E-state index contributed by atoms with van der Waals surface area (Å²) in [4.78, 5) is 12.2. The zero-order valence-electron chi connectivity index (χ0n) is 11.3. The molecule has 0 atom stereocenters. The van der Waals surface area contributed by atoms with Crippen molar-refractivity contribution in [1.82, 2.24) is 0 Å². The molecule has 0 radical (unpaired) electrons. The second-order valence-electron chi connectivity index (χ2n) is 4.59. The van der Waals surface area contributed by atoms with Crippen molar-refractivity contribution in [2.45, 2.75) is 13.8 Å². The summed E-state index contributed by atoms with van der Waals surface area (Å²) in [6, 6.07) is 11.0. The monoisotopic (exact) mass is 333 g/mol. The summed E-state index contributed by atoms with van der Waals surface area (Å²) in [6.45, 7) is 3.88. The van der Waals surface area contributed by atoms with Crippen molar-refractivity contribution in [2.75, 3.05) is 10.7 Å². The van der Waals surface area contributed by atoms with Crippen LogP contribution in [0.25, 0.3) is 0 Å². The van der Waals surface area contributed by atoms with E-state index < -0.39 is 0 Å². The Kier molecular flexibility index (Phi) is 4.42. The van der Waals surface area contributed by atoms with E-state index in [1.54, 1.807) is 18.2 Å². The van der Waals surface area contributed by atoms with E-state index in [0.717, 1.165) is 27.0 Å². The minimum absolute atomic E-state index is 0.140. The summed E-state index contributed by atoms with van der Waals surface area (Å²) in [5, 5.41) is 2.88. The topological polar surface area (TPSA) is 67.2 Å². The van der Waals surface area contributed by atoms with Gasteiger partial charge in [0.2, 0.25) is 0 Å². The van der Waals surface area contributed by atoms with Gasteiger partial charge in [0, 0.05) is 15.7 Å². The standard InChI is InChI=1S/C15H16BrN3O/c1-9-8-12(4-5-13(9)16)18-15(20)11-3-6-14(19-17)10(2)7-11/h3-8,19H,17H2,1-2H3,(H,18,20). The Morgan fingerprint density at radius 3 is 2.45 bits per heavy atom. The maximum absolute atomic E-state index is 12.2. The minimum Gasteiger partial charge on any atom is -0.324 e. The molecule has 0 fully saturated rings. The first-order valence-electron chi connectivity index (χ1n) is 6.16. The quantitative estimate of drug-likeness (QED) is 0.593. The Hall–Kier alpha value is -1.85. The molecule has 0 spiro atoms. The zero-order chi connectivity index (χ0) is 14.7. The Bertz CT molecular complexity index is 656. The predicted octanol–water partition coefficient (Wildman–Crippen LogP) is 3.60. The third kappa shape index (κ3) is 3.18. The number of hydrazine groups is 1. The van der Waals surface area contributed by atoms with E-state index in [0.29, 0.717) is 5.56 Å². The Labute approximate surface area is 126 Å². The van der Waals surface area contributed by atoms with Gasteiger partial charge in [0.25, 0.3) is 5.91 Å². The molecule has 0 saturated carbocycles. The first-order valence-corrected chi connectivity index (χ1v) is 6.95. The van der Waals surface area contributed by atoms with E-state index in [9.17, 15) is 4.79 Å². The summed E-state index contributed by atoms with van der Waals surface area (Å²) in [5.41, 5.74) is 6.76. The highest BCUT2D eigenvalue weighted by atomic mass is 79.9. The summed E-state index contributed by atoms with van der Waals surface area (Å²) in [5.74, 6) is 5.24. The molecule has 0 bridgehead atoms. The third-order valence-electron chi connectivity index (χ3n) is 3.06. The van der Waals surface area contributed by atoms with Crippen LogP contribution in [0.15, 0.2) is 40.9 Å². The molecule has 2 rings (SSSR count). The van der Waals surface area contributed by atoms with E-state index >= 15 is 0 Å². The average Bonchev–Trinajstić information content (AvgIpc) is 2.42. The van der Waals surface area contributed by atoms with Crippen molar-refractivity contribution in [3.8, 4) is 0 Å². The van der Waals surface area contributed by atoms with Gasteiger partial charge in [-0.1, -0.05) is 15.9 Å². The number of carbonyl (C=O) groups is 1. The number of rotatable bonds is 3. The van der Waals surface area contributed by atoms with Gasteiger partial charge in [-0.25, -0.2) is 0 Å². The number of carbonyl (C=O) groups excluding carboxylic acids is 1. The Balaban J connectivity index is 2.19. The molecule has 0 aliphatic carbocycles. The lowest BCUT2D eigenvalue weighted by atomic mass is 10.1. The van der Waals surface area contributed by atoms with Crippen LogP contribution in [0.1, 0.15) is 21.5 Å². The lowest BCUT2D eigenvalue weighted by Gasteiger charge is -2.09. The van der Waals surface area contributed by atoms with Crippen LogP contribution in [0.5, 0.6) is 0 Å². The van der Waals surface area contributed by atoms with E-state index in [2.05, 4.69) is 26.7 Å². The summed E-state index contributed by atoms with van der Waals surface area (Å²) in [6.07, 6.45) is 0. The van der Waals surface area contributed by atoms with E-state index in [4.69, 9.17) is 5.84 Å². The van der Waals surface area contributed by atoms with Crippen molar-refractivity contribution >= 4 is 33.2 Å². The molecule has 0 saturated heterocycles. The van der Waals surface area contributed by atoms with Gasteiger partial charge in [-0.05, 0) is 61.4 Å². The molecule has 4 N–H and O–H groups in total. The van der Waals surface area contributed by atoms with E-state index in [1.807, 2.05) is 32.0 Å². The molecule has 2 aromatic rings. The van der Waals surface area contributed by atoms with Gasteiger partial charge in [-0.3, -0.25) is 10.6 Å². The molecule has 1 amide bonds. The lowest BCUT2D eigenvalue weighted by Crippen LogP contribution is -2.13. The zero-order valence-corrected chi connectivity index (χ0v) is 12.9. The van der Waals surface area contributed by atoms with Crippen LogP contribution in [0.4, 0.5) is 11.4 Å². The van der Waals surface area contributed by atoms with Gasteiger partial charge in [0.05, 0.1) is 5.69 Å². The summed E-state index contributed by atoms with van der Waals surface area (Å²) < 4.78 is 1.02. The van der Waals surface area contributed by atoms with Gasteiger partial charge >= 0.3 is 0 Å². The number of nitrogens with two attached hydrogens (primary N) is 1. The highest BCUT2D eigenvalue weighted by Crippen LogP contribution is 2.21. The Morgan fingerprint density at radius 1 is 1.10 bits per heavy atom. The molecule has 0 aliphatic rings. The maximum Gasteiger partial charge on any atom is 0.255 e. The number of amides is 1. The molecule has 2 aromatic carbocycles. The minimum atomic E-state index is -0.140. The maximum atomic E-state index is 12.2. The molecule has 0 aliphatic heterocycles. The second-order valence-corrected chi connectivity index (χ2v) is 5.45. The van der Waals surface area contributed by atoms with E-state index in [1.165, 1.54) is 0 Å². The first kappa shape index (κ1) is 14.6. The SMILES string of the molecule is Cc1cc(NC(=O)c2ccc(NN)c(C)c2)ccc1Br. The smallest absolute Gasteiger partial charge is 0.255 e. The average molecular weight is 334 g/mol. The number of hydrogen-bond donors (Lipinski definition) is 3. The molecule has 5 heteroatoms. The molecule has 0 unspecified atom stereocenters. The summed E-state index contributed by atoms with van der Waals surface area (Å²) in [7, 11) is 0. The van der Waals surface area contributed by atoms with Crippen LogP contribution < -0.4 is 16.6 Å². The van der Waals surface area contributed by atoms with Crippen LogP contribution in [0.2, 0.25) is 0 Å². The van der Waals surface area contributed by atoms with Crippen LogP contribution in [-0.4, -0.2) is 5.91 Å². The van der Waals surface area contributed by atoms with Gasteiger partial charge in [-0.15, -0.1) is 0 Å². The predicted molar refractivity (Wildman–Crippen MR) is 85.8 cm³/mol. The van der Waals surface area contributed by atoms with Crippen molar-refractivity contribution in [3.05, 3.63) is 57.6 Å². The van der Waals surface area contributed by atoms with Crippen LogP contribution in [0, 0.1) is 13.8 Å². The fourth-order valence-corrected chi connectivity index (χ4v) is 2.14. The largest absolute Gasteiger partial charge is 0.324 e. The molecular formula is C15H16BrN3O. The molecule has 104 valence electrons. The first-order chi connectivity index (χ1) is 9.51. The van der Waals surface area contributed by atoms with E-state index in [-0.39, 0.29) is 5.91 Å². The lowest BCUT2D eigenvalue weighted by molar-refractivity contribution is 0.102. The normalized spacial score (nSPS) is 10.2. The molecule has 0 heterocycles. The number of hydrogen-bond acceptors (Lipinski definition) is 3. The highest BCUT2D eigenvalue weighted by Gasteiger charge is 2.08. The highest BCUT2D eigenvalue weighted by molar-refractivity contribution is 9.10. The van der Waals surface area contributed by atoms with Gasteiger partial charge in [0.15, 0.2) is 0 Å².